The molecule has 1 atom stereocenters. The second-order valence-corrected chi connectivity index (χ2v) is 5.29. The first-order valence-corrected chi connectivity index (χ1v) is 6.33. The van der Waals surface area contributed by atoms with Crippen molar-refractivity contribution < 1.29 is 0 Å². The van der Waals surface area contributed by atoms with Gasteiger partial charge in [-0.1, -0.05) is 42.5 Å². The zero-order chi connectivity index (χ0) is 12.8. The average molecular weight is 238 g/mol. The molecule has 18 heavy (non-hydrogen) atoms. The highest BCUT2D eigenvalue weighted by Crippen LogP contribution is 2.40. The van der Waals surface area contributed by atoms with E-state index >= 15 is 0 Å². The maximum absolute atomic E-state index is 6.32. The molecular formula is C16H18N2. The summed E-state index contributed by atoms with van der Waals surface area (Å²) in [7, 11) is 0. The van der Waals surface area contributed by atoms with E-state index in [1.807, 2.05) is 6.92 Å². The van der Waals surface area contributed by atoms with E-state index in [0.29, 0.717) is 6.54 Å². The molecule has 0 saturated carbocycles. The highest BCUT2D eigenvalue weighted by atomic mass is 14.8. The van der Waals surface area contributed by atoms with E-state index < -0.39 is 5.54 Å². The van der Waals surface area contributed by atoms with Gasteiger partial charge in [0.15, 0.2) is 0 Å². The normalized spacial score (nSPS) is 15.9. The van der Waals surface area contributed by atoms with Crippen LogP contribution in [0.25, 0.3) is 11.1 Å². The van der Waals surface area contributed by atoms with Gasteiger partial charge in [0, 0.05) is 6.54 Å². The van der Waals surface area contributed by atoms with Crippen molar-refractivity contribution in [2.24, 2.45) is 11.5 Å². The zero-order valence-corrected chi connectivity index (χ0v) is 10.6. The Hall–Kier alpha value is -1.64. The number of nitrogens with two attached hydrogens (primary N) is 2. The minimum atomic E-state index is -0.451. The Morgan fingerprint density at radius 3 is 2.56 bits per heavy atom. The summed E-state index contributed by atoms with van der Waals surface area (Å²) in [5.41, 5.74) is 18.2. The summed E-state index contributed by atoms with van der Waals surface area (Å²) >= 11 is 0. The van der Waals surface area contributed by atoms with E-state index in [0.717, 1.165) is 6.42 Å². The number of benzene rings is 2. The van der Waals surface area contributed by atoms with E-state index in [-0.39, 0.29) is 0 Å². The summed E-state index contributed by atoms with van der Waals surface area (Å²) in [5, 5.41) is 0. The second kappa shape index (κ2) is 3.94. The summed E-state index contributed by atoms with van der Waals surface area (Å²) in [4.78, 5) is 0. The van der Waals surface area contributed by atoms with Gasteiger partial charge in [-0.25, -0.2) is 0 Å². The Bertz CT molecular complexity index is 600. The Morgan fingerprint density at radius 2 is 1.78 bits per heavy atom. The van der Waals surface area contributed by atoms with Gasteiger partial charge in [0.25, 0.3) is 0 Å². The van der Waals surface area contributed by atoms with Crippen molar-refractivity contribution in [3.05, 3.63) is 59.2 Å². The first-order valence-electron chi connectivity index (χ1n) is 6.33. The molecule has 0 saturated heterocycles. The molecule has 0 radical (unpaired) electrons. The number of hydrogen-bond donors (Lipinski definition) is 2. The number of rotatable bonds is 2. The third kappa shape index (κ3) is 1.57. The van der Waals surface area contributed by atoms with Crippen LogP contribution in [0.1, 0.15) is 23.6 Å². The third-order valence-corrected chi connectivity index (χ3v) is 3.89. The quantitative estimate of drug-likeness (QED) is 0.720. The zero-order valence-electron chi connectivity index (χ0n) is 10.6. The van der Waals surface area contributed by atoms with Crippen LogP contribution in [-0.2, 0) is 12.0 Å². The lowest BCUT2D eigenvalue weighted by Crippen LogP contribution is -2.41. The van der Waals surface area contributed by atoms with Gasteiger partial charge in [-0.05, 0) is 41.2 Å². The predicted octanol–water partition coefficient (Wildman–Crippen LogP) is 2.39. The fraction of sp³-hybridized carbons (Fsp3) is 0.250. The molecule has 2 nitrogen and oxygen atoms in total. The van der Waals surface area contributed by atoms with Gasteiger partial charge in [0.2, 0.25) is 0 Å². The molecule has 0 fully saturated rings. The van der Waals surface area contributed by atoms with Crippen LogP contribution in [0.5, 0.6) is 0 Å². The summed E-state index contributed by atoms with van der Waals surface area (Å²) in [6.07, 6.45) is 0.967. The third-order valence-electron chi connectivity index (χ3n) is 3.89. The number of hydrogen-bond acceptors (Lipinski definition) is 2. The van der Waals surface area contributed by atoms with Crippen molar-refractivity contribution in [2.75, 3.05) is 6.54 Å². The van der Waals surface area contributed by atoms with E-state index in [9.17, 15) is 0 Å². The maximum Gasteiger partial charge on any atom is 0.0508 e. The van der Waals surface area contributed by atoms with Crippen LogP contribution in [0.3, 0.4) is 0 Å². The standard InChI is InChI=1S/C16H18N2/c1-16(18,10-17)15-8-4-7-13-12-6-3-2-5-11(12)9-14(13)15/h2-8H,9-10,17-18H2,1H3. The SMILES string of the molecule is CC(N)(CN)c1cccc2c1Cc1ccccc1-2. The number of fused-ring (bicyclic) bond motifs is 3. The highest BCUT2D eigenvalue weighted by molar-refractivity contribution is 5.78. The summed E-state index contributed by atoms with van der Waals surface area (Å²) in [5.74, 6) is 0. The van der Waals surface area contributed by atoms with Crippen LogP contribution in [-0.4, -0.2) is 6.54 Å². The van der Waals surface area contributed by atoms with Gasteiger partial charge in [-0.3, -0.25) is 0 Å². The van der Waals surface area contributed by atoms with Crippen molar-refractivity contribution >= 4 is 0 Å². The van der Waals surface area contributed by atoms with Crippen LogP contribution in [0.4, 0.5) is 0 Å². The van der Waals surface area contributed by atoms with Gasteiger partial charge >= 0.3 is 0 Å². The van der Waals surface area contributed by atoms with Crippen LogP contribution in [0, 0.1) is 0 Å². The molecule has 0 amide bonds. The predicted molar refractivity (Wildman–Crippen MR) is 75.3 cm³/mol. The Kier molecular flexibility index (Phi) is 2.51. The minimum absolute atomic E-state index is 0.451. The lowest BCUT2D eigenvalue weighted by atomic mass is 9.87. The summed E-state index contributed by atoms with van der Waals surface area (Å²) in [6.45, 7) is 2.46. The lowest BCUT2D eigenvalue weighted by Gasteiger charge is -2.26. The van der Waals surface area contributed by atoms with Crippen LogP contribution in [0.2, 0.25) is 0 Å². The van der Waals surface area contributed by atoms with Gasteiger partial charge in [-0.2, -0.15) is 0 Å². The molecule has 0 aromatic heterocycles. The smallest absolute Gasteiger partial charge is 0.0508 e. The molecule has 1 unspecified atom stereocenters. The lowest BCUT2D eigenvalue weighted by molar-refractivity contribution is 0.504. The summed E-state index contributed by atoms with van der Waals surface area (Å²) < 4.78 is 0. The second-order valence-electron chi connectivity index (χ2n) is 5.29. The molecule has 92 valence electrons. The molecule has 1 aliphatic rings. The van der Waals surface area contributed by atoms with E-state index in [2.05, 4.69) is 42.5 Å². The van der Waals surface area contributed by atoms with Crippen molar-refractivity contribution in [3.63, 3.8) is 0 Å². The van der Waals surface area contributed by atoms with Crippen molar-refractivity contribution in [2.45, 2.75) is 18.9 Å². The Morgan fingerprint density at radius 1 is 1.06 bits per heavy atom. The van der Waals surface area contributed by atoms with E-state index in [1.54, 1.807) is 0 Å². The molecule has 0 bridgehead atoms. The van der Waals surface area contributed by atoms with Gasteiger partial charge in [0.05, 0.1) is 5.54 Å². The Balaban J connectivity index is 2.20. The molecule has 3 rings (SSSR count). The maximum atomic E-state index is 6.32. The largest absolute Gasteiger partial charge is 0.328 e. The molecular weight excluding hydrogens is 220 g/mol. The summed E-state index contributed by atoms with van der Waals surface area (Å²) in [6, 6.07) is 14.9. The first kappa shape index (κ1) is 11.5. The van der Waals surface area contributed by atoms with Gasteiger partial charge < -0.3 is 11.5 Å². The van der Waals surface area contributed by atoms with Crippen molar-refractivity contribution in [3.8, 4) is 11.1 Å². The molecule has 1 aliphatic carbocycles. The minimum Gasteiger partial charge on any atom is -0.328 e. The molecule has 0 heterocycles. The van der Waals surface area contributed by atoms with Crippen molar-refractivity contribution in [1.82, 2.24) is 0 Å². The fourth-order valence-electron chi connectivity index (χ4n) is 2.80. The van der Waals surface area contributed by atoms with Gasteiger partial charge in [0.1, 0.15) is 0 Å². The molecule has 2 aromatic carbocycles. The van der Waals surface area contributed by atoms with Crippen LogP contribution in [0.15, 0.2) is 42.5 Å². The topological polar surface area (TPSA) is 52.0 Å². The van der Waals surface area contributed by atoms with Crippen molar-refractivity contribution in [1.29, 1.82) is 0 Å². The molecule has 2 aromatic rings. The van der Waals surface area contributed by atoms with Crippen LogP contribution < -0.4 is 11.5 Å². The molecule has 2 heteroatoms. The Labute approximate surface area is 108 Å². The highest BCUT2D eigenvalue weighted by Gasteiger charge is 2.27. The molecule has 4 N–H and O–H groups in total. The van der Waals surface area contributed by atoms with Crippen LogP contribution >= 0.6 is 0 Å². The fourth-order valence-corrected chi connectivity index (χ4v) is 2.80. The molecule has 0 aliphatic heterocycles. The van der Waals surface area contributed by atoms with E-state index in [1.165, 1.54) is 27.8 Å². The van der Waals surface area contributed by atoms with Gasteiger partial charge in [-0.15, -0.1) is 0 Å². The first-order chi connectivity index (χ1) is 8.63. The molecule has 0 spiro atoms. The van der Waals surface area contributed by atoms with E-state index in [4.69, 9.17) is 11.5 Å². The monoisotopic (exact) mass is 238 g/mol. The average Bonchev–Trinajstić information content (AvgIpc) is 2.77.